The van der Waals surface area contributed by atoms with E-state index < -0.39 is 20.5 Å². The summed E-state index contributed by atoms with van der Waals surface area (Å²) in [5.74, 6) is 0. The number of ether oxygens (including phenoxy) is 1. The SMILES string of the molecule is CCCCCOC(=O)/N=N/C(=O)O[Si](CCC)(CCC)CCC. The Morgan fingerprint density at radius 3 is 1.78 bits per heavy atom. The summed E-state index contributed by atoms with van der Waals surface area (Å²) in [6.07, 6.45) is 4.20. The first-order valence-corrected chi connectivity index (χ1v) is 11.4. The number of amides is 2. The summed E-state index contributed by atoms with van der Waals surface area (Å²) in [6, 6.07) is 2.78. The van der Waals surface area contributed by atoms with Gasteiger partial charge >= 0.3 is 12.2 Å². The molecule has 0 aromatic carbocycles. The summed E-state index contributed by atoms with van der Waals surface area (Å²) in [5, 5.41) is 6.68. The van der Waals surface area contributed by atoms with Gasteiger partial charge in [-0.05, 0) is 24.6 Å². The Labute approximate surface area is 141 Å². The number of hydrogen-bond donors (Lipinski definition) is 0. The molecule has 7 heteroatoms. The van der Waals surface area contributed by atoms with Crippen LogP contribution in [0.4, 0.5) is 9.59 Å². The van der Waals surface area contributed by atoms with Crippen molar-refractivity contribution in [3.05, 3.63) is 0 Å². The van der Waals surface area contributed by atoms with Gasteiger partial charge in [-0.3, -0.25) is 0 Å². The average Bonchev–Trinajstić information content (AvgIpc) is 2.50. The van der Waals surface area contributed by atoms with E-state index in [-0.39, 0.29) is 0 Å². The molecule has 0 aromatic rings. The Balaban J connectivity index is 4.49. The van der Waals surface area contributed by atoms with Crippen LogP contribution < -0.4 is 0 Å². The highest BCUT2D eigenvalue weighted by molar-refractivity contribution is 6.75. The molecule has 0 bridgehead atoms. The van der Waals surface area contributed by atoms with Crippen molar-refractivity contribution in [2.75, 3.05) is 6.61 Å². The Morgan fingerprint density at radius 2 is 1.30 bits per heavy atom. The van der Waals surface area contributed by atoms with Crippen molar-refractivity contribution in [1.29, 1.82) is 0 Å². The predicted molar refractivity (Wildman–Crippen MR) is 93.3 cm³/mol. The van der Waals surface area contributed by atoms with Gasteiger partial charge in [0.2, 0.25) is 0 Å². The van der Waals surface area contributed by atoms with Crippen LogP contribution in [0.2, 0.25) is 18.1 Å². The second-order valence-corrected chi connectivity index (χ2v) is 9.89. The second kappa shape index (κ2) is 13.2. The molecule has 0 rings (SSSR count). The minimum atomic E-state index is -2.12. The fourth-order valence-electron chi connectivity index (χ4n) is 2.72. The molecule has 0 aliphatic carbocycles. The Bertz CT molecular complexity index is 358. The van der Waals surface area contributed by atoms with Gasteiger partial charge in [0.15, 0.2) is 0 Å². The monoisotopic (exact) mass is 344 g/mol. The standard InChI is InChI=1S/C16H32N2O4Si/c1-5-9-10-11-21-15(19)17-18-16(20)22-23(12-6-2,13-7-3)14-8-4/h5-14H2,1-4H3/b18-17+. The number of unbranched alkanes of at least 4 members (excludes halogenated alkanes) is 2. The van der Waals surface area contributed by atoms with E-state index in [1.165, 1.54) is 0 Å². The van der Waals surface area contributed by atoms with Crippen molar-refractivity contribution in [3.63, 3.8) is 0 Å². The lowest BCUT2D eigenvalue weighted by atomic mass is 10.3. The topological polar surface area (TPSA) is 77.3 Å². The lowest BCUT2D eigenvalue weighted by molar-refractivity contribution is 0.152. The second-order valence-electron chi connectivity index (χ2n) is 5.82. The van der Waals surface area contributed by atoms with Gasteiger partial charge in [0.1, 0.15) is 0 Å². The zero-order chi connectivity index (χ0) is 17.6. The highest BCUT2D eigenvalue weighted by Gasteiger charge is 2.36. The van der Waals surface area contributed by atoms with Crippen molar-refractivity contribution >= 4 is 20.5 Å². The van der Waals surface area contributed by atoms with Crippen LogP contribution in [-0.2, 0) is 9.16 Å². The maximum atomic E-state index is 11.9. The molecule has 0 fully saturated rings. The van der Waals surface area contributed by atoms with E-state index in [1.54, 1.807) is 0 Å². The highest BCUT2D eigenvalue weighted by Crippen LogP contribution is 2.28. The van der Waals surface area contributed by atoms with E-state index in [9.17, 15) is 9.59 Å². The minimum Gasteiger partial charge on any atom is -0.501 e. The van der Waals surface area contributed by atoms with Crippen LogP contribution >= 0.6 is 0 Å². The normalized spacial score (nSPS) is 11.7. The van der Waals surface area contributed by atoms with E-state index in [1.807, 2.05) is 0 Å². The van der Waals surface area contributed by atoms with E-state index in [0.29, 0.717) is 6.61 Å². The summed E-state index contributed by atoms with van der Waals surface area (Å²) in [6.45, 7) is 8.65. The van der Waals surface area contributed by atoms with Gasteiger partial charge in [0, 0.05) is 0 Å². The number of hydrogen-bond acceptors (Lipinski definition) is 4. The molecular formula is C16H32N2O4Si. The molecule has 0 unspecified atom stereocenters. The third-order valence-electron chi connectivity index (χ3n) is 3.61. The van der Waals surface area contributed by atoms with Gasteiger partial charge < -0.3 is 9.16 Å². The number of carbonyl (C=O) groups excluding carboxylic acids is 2. The number of nitrogens with zero attached hydrogens (tertiary/aromatic N) is 2. The third-order valence-corrected chi connectivity index (χ3v) is 8.45. The molecule has 0 spiro atoms. The van der Waals surface area contributed by atoms with Crippen LogP contribution in [0.1, 0.15) is 66.2 Å². The van der Waals surface area contributed by atoms with Gasteiger partial charge in [-0.2, -0.15) is 0 Å². The van der Waals surface area contributed by atoms with E-state index in [4.69, 9.17) is 9.16 Å². The Kier molecular flexibility index (Phi) is 12.5. The summed E-state index contributed by atoms with van der Waals surface area (Å²) < 4.78 is 10.6. The molecule has 0 N–H and O–H groups in total. The largest absolute Gasteiger partial charge is 0.501 e. The van der Waals surface area contributed by atoms with Gasteiger partial charge in [-0.1, -0.05) is 70.0 Å². The van der Waals surface area contributed by atoms with E-state index in [0.717, 1.165) is 56.7 Å². The molecule has 134 valence electrons. The fraction of sp³-hybridized carbons (Fsp3) is 0.875. The quantitative estimate of drug-likeness (QED) is 0.258. The van der Waals surface area contributed by atoms with Crippen LogP contribution in [0.3, 0.4) is 0 Å². The molecular weight excluding hydrogens is 312 g/mol. The van der Waals surface area contributed by atoms with Crippen molar-refractivity contribution in [2.45, 2.75) is 84.4 Å². The summed E-state index contributed by atoms with van der Waals surface area (Å²) in [7, 11) is -2.12. The van der Waals surface area contributed by atoms with Crippen LogP contribution in [0.25, 0.3) is 0 Å². The molecule has 0 saturated carbocycles. The van der Waals surface area contributed by atoms with Crippen LogP contribution in [0.5, 0.6) is 0 Å². The van der Waals surface area contributed by atoms with E-state index in [2.05, 4.69) is 37.9 Å². The summed E-state index contributed by atoms with van der Waals surface area (Å²) in [4.78, 5) is 23.3. The molecule has 0 aliphatic heterocycles. The van der Waals surface area contributed by atoms with Gasteiger partial charge in [0.05, 0.1) is 6.61 Å². The summed E-state index contributed by atoms with van der Waals surface area (Å²) >= 11 is 0. The first kappa shape index (κ1) is 21.8. The molecule has 0 radical (unpaired) electrons. The summed E-state index contributed by atoms with van der Waals surface area (Å²) in [5.41, 5.74) is 0. The molecule has 0 atom stereocenters. The number of rotatable bonds is 11. The number of azo groups is 1. The van der Waals surface area contributed by atoms with Crippen LogP contribution in [0.15, 0.2) is 10.2 Å². The van der Waals surface area contributed by atoms with Gasteiger partial charge in [-0.25, -0.2) is 9.59 Å². The zero-order valence-electron chi connectivity index (χ0n) is 15.1. The molecule has 23 heavy (non-hydrogen) atoms. The molecule has 0 aromatic heterocycles. The Morgan fingerprint density at radius 1 is 0.783 bits per heavy atom. The van der Waals surface area contributed by atoms with Crippen molar-refractivity contribution in [2.24, 2.45) is 10.2 Å². The molecule has 6 nitrogen and oxygen atoms in total. The van der Waals surface area contributed by atoms with Gasteiger partial charge in [-0.15, -0.1) is 0 Å². The first-order chi connectivity index (χ1) is 11.0. The molecule has 0 saturated heterocycles. The smallest absolute Gasteiger partial charge is 0.452 e. The zero-order valence-corrected chi connectivity index (χ0v) is 16.1. The van der Waals surface area contributed by atoms with E-state index >= 15 is 0 Å². The fourth-order valence-corrected chi connectivity index (χ4v) is 6.92. The van der Waals surface area contributed by atoms with Crippen molar-refractivity contribution in [3.8, 4) is 0 Å². The lowest BCUT2D eigenvalue weighted by Gasteiger charge is -2.29. The lowest BCUT2D eigenvalue weighted by Crippen LogP contribution is -2.39. The molecule has 2 amide bonds. The van der Waals surface area contributed by atoms with Crippen molar-refractivity contribution in [1.82, 2.24) is 0 Å². The maximum absolute atomic E-state index is 11.9. The Hall–Kier alpha value is -1.24. The third kappa shape index (κ3) is 10.2. The van der Waals surface area contributed by atoms with Crippen LogP contribution in [0, 0.1) is 0 Å². The average molecular weight is 345 g/mol. The minimum absolute atomic E-state index is 0.306. The van der Waals surface area contributed by atoms with Gasteiger partial charge in [0.25, 0.3) is 8.32 Å². The number of carbonyl (C=O) groups is 2. The van der Waals surface area contributed by atoms with Crippen molar-refractivity contribution < 1.29 is 18.8 Å². The molecule has 0 aliphatic rings. The maximum Gasteiger partial charge on any atom is 0.452 e. The first-order valence-electron chi connectivity index (χ1n) is 8.85. The highest BCUT2D eigenvalue weighted by atomic mass is 28.4. The molecule has 0 heterocycles. The van der Waals surface area contributed by atoms with Crippen LogP contribution in [-0.4, -0.2) is 27.1 Å². The predicted octanol–water partition coefficient (Wildman–Crippen LogP) is 6.08.